The highest BCUT2D eigenvalue weighted by atomic mass is 32.1. The first-order valence-corrected chi connectivity index (χ1v) is 18.4. The van der Waals surface area contributed by atoms with E-state index < -0.39 is 47.6 Å². The Kier molecular flexibility index (Phi) is 9.51. The number of nitrogens with zero attached hydrogens (tertiary/aromatic N) is 5. The first kappa shape index (κ1) is 33.9. The third kappa shape index (κ3) is 6.92. The third-order valence-corrected chi connectivity index (χ3v) is 11.2. The van der Waals surface area contributed by atoms with Crippen LogP contribution in [-0.2, 0) is 26.2 Å². The van der Waals surface area contributed by atoms with Gasteiger partial charge in [0.25, 0.3) is 0 Å². The predicted octanol–water partition coefficient (Wildman–Crippen LogP) is 4.27. The number of alkyl carbamates (subject to hydrolysis) is 1. The standard InChI is InChI=1S/C35H43N7O7S/c1-20-16-26(41(2)40-20)29-36-24-14-15-50-28(24)31(38-29)48-23-17-27-30(43)39-35(33(45)46)18-21(35)10-6-4-3-5-7-13-25(32(44)42(27)19-23)37-34(47)49-22-11-8-9-12-22/h6,10,14-16,21-23,25,27H,3-5,7-9,11-13,17-19H2,1-2H3,(H,37,47)(H,39,43)(H,45,46)/b10-6-/t21-,23+,25-,27-,35+/m0/s1. The number of aryl methyl sites for hydroxylation is 2. The van der Waals surface area contributed by atoms with Gasteiger partial charge in [0.15, 0.2) is 5.82 Å². The molecule has 0 bridgehead atoms. The zero-order chi connectivity index (χ0) is 35.0. The van der Waals surface area contributed by atoms with Crippen molar-refractivity contribution < 1.29 is 33.8 Å². The van der Waals surface area contributed by atoms with Gasteiger partial charge in [0.1, 0.15) is 40.2 Å². The van der Waals surface area contributed by atoms with Gasteiger partial charge in [-0.3, -0.25) is 14.3 Å². The van der Waals surface area contributed by atoms with E-state index in [1.54, 1.807) is 4.68 Å². The summed E-state index contributed by atoms with van der Waals surface area (Å²) in [5.74, 6) is -1.70. The molecule has 3 amide bonds. The molecule has 50 heavy (non-hydrogen) atoms. The molecule has 4 aliphatic rings. The van der Waals surface area contributed by atoms with Gasteiger partial charge < -0.3 is 30.1 Å². The van der Waals surface area contributed by atoms with Crippen LogP contribution in [0.25, 0.3) is 21.7 Å². The molecule has 3 N–H and O–H groups in total. The van der Waals surface area contributed by atoms with Gasteiger partial charge in [-0.05, 0) is 75.8 Å². The monoisotopic (exact) mass is 705 g/mol. The summed E-state index contributed by atoms with van der Waals surface area (Å²) in [6, 6.07) is 1.80. The molecule has 3 aromatic rings. The molecule has 5 heterocycles. The maximum absolute atomic E-state index is 14.4. The van der Waals surface area contributed by atoms with Crippen molar-refractivity contribution in [3.05, 3.63) is 35.4 Å². The lowest BCUT2D eigenvalue weighted by molar-refractivity contribution is -0.145. The van der Waals surface area contributed by atoms with Crippen LogP contribution in [0.1, 0.15) is 76.3 Å². The molecule has 5 atom stereocenters. The fourth-order valence-electron chi connectivity index (χ4n) is 7.49. The van der Waals surface area contributed by atoms with Crippen molar-refractivity contribution in [2.75, 3.05) is 6.54 Å². The number of carbonyl (C=O) groups excluding carboxylic acids is 3. The molecule has 3 fully saturated rings. The number of hydrogen-bond donors (Lipinski definition) is 3. The van der Waals surface area contributed by atoms with Crippen LogP contribution in [0, 0.1) is 12.8 Å². The summed E-state index contributed by atoms with van der Waals surface area (Å²) in [6.45, 7) is 1.92. The molecule has 266 valence electrons. The highest BCUT2D eigenvalue weighted by Crippen LogP contribution is 2.45. The normalized spacial score (nSPS) is 28.2. The summed E-state index contributed by atoms with van der Waals surface area (Å²) < 4.78 is 14.6. The number of amides is 3. The smallest absolute Gasteiger partial charge is 0.408 e. The molecule has 2 aliphatic heterocycles. The molecular weight excluding hydrogens is 662 g/mol. The van der Waals surface area contributed by atoms with E-state index in [9.17, 15) is 24.3 Å². The van der Waals surface area contributed by atoms with Gasteiger partial charge in [-0.2, -0.15) is 10.1 Å². The van der Waals surface area contributed by atoms with Crippen LogP contribution in [0.15, 0.2) is 29.7 Å². The molecule has 0 spiro atoms. The van der Waals surface area contributed by atoms with E-state index in [2.05, 4.69) is 15.7 Å². The second kappa shape index (κ2) is 14.0. The largest absolute Gasteiger partial charge is 0.479 e. The van der Waals surface area contributed by atoms with E-state index in [1.165, 1.54) is 16.2 Å². The van der Waals surface area contributed by atoms with E-state index >= 15 is 0 Å². The molecule has 15 heteroatoms. The third-order valence-electron chi connectivity index (χ3n) is 10.3. The Hall–Kier alpha value is -4.53. The molecule has 14 nitrogen and oxygen atoms in total. The Morgan fingerprint density at radius 3 is 2.66 bits per heavy atom. The second-order valence-electron chi connectivity index (χ2n) is 13.9. The number of carboxylic acids is 1. The lowest BCUT2D eigenvalue weighted by atomic mass is 10.0. The van der Waals surface area contributed by atoms with Gasteiger partial charge in [-0.25, -0.2) is 14.6 Å². The first-order valence-electron chi connectivity index (χ1n) is 17.5. The Labute approximate surface area is 293 Å². The van der Waals surface area contributed by atoms with Gasteiger partial charge in [-0.15, -0.1) is 11.3 Å². The Bertz CT molecular complexity index is 1820. The Balaban J connectivity index is 1.18. The molecule has 2 saturated carbocycles. The number of ether oxygens (including phenoxy) is 2. The summed E-state index contributed by atoms with van der Waals surface area (Å²) in [5.41, 5.74) is 0.777. The molecule has 0 radical (unpaired) electrons. The van der Waals surface area contributed by atoms with Crippen LogP contribution in [0.3, 0.4) is 0 Å². The highest BCUT2D eigenvalue weighted by molar-refractivity contribution is 7.17. The van der Waals surface area contributed by atoms with E-state index in [-0.39, 0.29) is 31.4 Å². The maximum Gasteiger partial charge on any atom is 0.408 e. The van der Waals surface area contributed by atoms with Crippen molar-refractivity contribution in [2.24, 2.45) is 13.0 Å². The van der Waals surface area contributed by atoms with Gasteiger partial charge in [-0.1, -0.05) is 25.0 Å². The van der Waals surface area contributed by atoms with E-state index in [0.29, 0.717) is 35.8 Å². The number of carbonyl (C=O) groups is 4. The number of rotatable bonds is 6. The van der Waals surface area contributed by atoms with Crippen LogP contribution in [-0.4, -0.2) is 90.0 Å². The van der Waals surface area contributed by atoms with Crippen LogP contribution in [0.4, 0.5) is 4.79 Å². The van der Waals surface area contributed by atoms with Crippen molar-refractivity contribution >= 4 is 45.4 Å². The van der Waals surface area contributed by atoms with Gasteiger partial charge in [0.05, 0.1) is 17.8 Å². The SMILES string of the molecule is Cc1cc(-c2nc(O[C@@H]3C[C@H]4C(=O)N[C@]5(C(=O)O)C[C@@H]5/C=C\CCCCC[C@H](NC(=O)OC5CCCC5)C(=O)N4C3)c3sccc3n2)n(C)n1. The van der Waals surface area contributed by atoms with Crippen LogP contribution < -0.4 is 15.4 Å². The first-order chi connectivity index (χ1) is 24.1. The second-order valence-corrected chi connectivity index (χ2v) is 14.8. The molecule has 7 rings (SSSR count). The van der Waals surface area contributed by atoms with Crippen molar-refractivity contribution in [3.63, 3.8) is 0 Å². The lowest BCUT2D eigenvalue weighted by Crippen LogP contribution is -2.56. The minimum atomic E-state index is -1.43. The fraction of sp³-hybridized carbons (Fsp3) is 0.571. The molecule has 0 unspecified atom stereocenters. The summed E-state index contributed by atoms with van der Waals surface area (Å²) in [4.78, 5) is 64.9. The molecular formula is C35H43N7O7S. The lowest BCUT2D eigenvalue weighted by Gasteiger charge is -2.29. The van der Waals surface area contributed by atoms with Gasteiger partial charge >= 0.3 is 12.1 Å². The fourth-order valence-corrected chi connectivity index (χ4v) is 8.25. The minimum absolute atomic E-state index is 0.0349. The number of carboxylic acid groups (broad SMARTS) is 1. The van der Waals surface area contributed by atoms with Crippen molar-refractivity contribution in [3.8, 4) is 17.4 Å². The average molecular weight is 706 g/mol. The zero-order valence-corrected chi connectivity index (χ0v) is 29.1. The topological polar surface area (TPSA) is 178 Å². The summed E-state index contributed by atoms with van der Waals surface area (Å²) in [7, 11) is 1.81. The number of thiophene rings is 1. The highest BCUT2D eigenvalue weighted by Gasteiger charge is 2.61. The van der Waals surface area contributed by atoms with Crippen molar-refractivity contribution in [1.82, 2.24) is 35.3 Å². The van der Waals surface area contributed by atoms with Crippen molar-refractivity contribution in [1.29, 1.82) is 0 Å². The molecule has 0 aromatic carbocycles. The number of allylic oxidation sites excluding steroid dienone is 1. The van der Waals surface area contributed by atoms with Gasteiger partial charge in [0, 0.05) is 19.4 Å². The number of hydrogen-bond acceptors (Lipinski definition) is 10. The molecule has 1 saturated heterocycles. The van der Waals surface area contributed by atoms with Crippen LogP contribution in [0.2, 0.25) is 0 Å². The van der Waals surface area contributed by atoms with E-state index in [1.807, 2.05) is 43.6 Å². The zero-order valence-electron chi connectivity index (χ0n) is 28.3. The summed E-state index contributed by atoms with van der Waals surface area (Å²) in [6.07, 6.45) is 9.79. The Morgan fingerprint density at radius 1 is 1.10 bits per heavy atom. The van der Waals surface area contributed by atoms with Crippen LogP contribution in [0.5, 0.6) is 5.88 Å². The number of nitrogens with one attached hydrogen (secondary N) is 2. The molecule has 3 aromatic heterocycles. The summed E-state index contributed by atoms with van der Waals surface area (Å²) in [5, 5.41) is 22.1. The summed E-state index contributed by atoms with van der Waals surface area (Å²) >= 11 is 1.42. The van der Waals surface area contributed by atoms with Crippen LogP contribution >= 0.6 is 11.3 Å². The number of aliphatic carboxylic acids is 1. The number of aromatic nitrogens is 4. The van der Waals surface area contributed by atoms with E-state index in [0.717, 1.165) is 55.3 Å². The maximum atomic E-state index is 14.4. The minimum Gasteiger partial charge on any atom is -0.479 e. The predicted molar refractivity (Wildman–Crippen MR) is 183 cm³/mol. The average Bonchev–Trinajstić information content (AvgIpc) is 3.64. The van der Waals surface area contributed by atoms with Crippen molar-refractivity contribution in [2.45, 2.75) is 107 Å². The van der Waals surface area contributed by atoms with Gasteiger partial charge in [0.2, 0.25) is 17.7 Å². The quantitative estimate of drug-likeness (QED) is 0.314. The van der Waals surface area contributed by atoms with E-state index in [4.69, 9.17) is 19.4 Å². The number of fused-ring (bicyclic) bond motifs is 3. The molecule has 2 aliphatic carbocycles. The Morgan fingerprint density at radius 2 is 1.90 bits per heavy atom.